The second-order valence-electron chi connectivity index (χ2n) is 6.78. The van der Waals surface area contributed by atoms with Crippen molar-refractivity contribution in [2.75, 3.05) is 11.9 Å². The van der Waals surface area contributed by atoms with Gasteiger partial charge < -0.3 is 14.8 Å². The summed E-state index contributed by atoms with van der Waals surface area (Å²) in [6, 6.07) is 22.3. The lowest BCUT2D eigenvalue weighted by Gasteiger charge is -2.26. The number of rotatable bonds is 5. The van der Waals surface area contributed by atoms with Crippen LogP contribution < -0.4 is 10.1 Å². The molecular formula is C24H21NO4. The summed E-state index contributed by atoms with van der Waals surface area (Å²) in [4.78, 5) is 25.3. The van der Waals surface area contributed by atoms with Crippen LogP contribution in [0.25, 0.3) is 0 Å². The molecule has 1 N–H and O–H groups in total. The zero-order valence-electron chi connectivity index (χ0n) is 16.1. The molecule has 146 valence electrons. The van der Waals surface area contributed by atoms with Gasteiger partial charge in [0.05, 0.1) is 0 Å². The van der Waals surface area contributed by atoms with Gasteiger partial charge in [0.25, 0.3) is 5.91 Å². The SMILES string of the molecule is CCc1ccccc1NC(=O)COC(=O)C1c2ccccc2Oc2ccccc21. The van der Waals surface area contributed by atoms with Crippen LogP contribution in [0.2, 0.25) is 0 Å². The first kappa shape index (κ1) is 18.7. The standard InChI is InChI=1S/C24H21NO4/c1-2-16-9-3-6-12-19(16)25-22(26)15-28-24(27)23-17-10-4-7-13-20(17)29-21-14-8-5-11-18(21)23/h3-14,23H,2,15H2,1H3,(H,25,26). The number of benzene rings is 3. The molecule has 0 atom stereocenters. The Morgan fingerprint density at radius 3 is 2.14 bits per heavy atom. The lowest BCUT2D eigenvalue weighted by molar-refractivity contribution is -0.148. The van der Waals surface area contributed by atoms with Gasteiger partial charge in [-0.15, -0.1) is 0 Å². The van der Waals surface area contributed by atoms with Crippen molar-refractivity contribution < 1.29 is 19.1 Å². The molecule has 3 aromatic rings. The van der Waals surface area contributed by atoms with Crippen LogP contribution >= 0.6 is 0 Å². The molecule has 5 nitrogen and oxygen atoms in total. The molecule has 0 radical (unpaired) electrons. The number of carbonyl (C=O) groups is 2. The molecular weight excluding hydrogens is 366 g/mol. The van der Waals surface area contributed by atoms with E-state index >= 15 is 0 Å². The number of para-hydroxylation sites is 3. The largest absolute Gasteiger partial charge is 0.457 e. The number of amides is 1. The number of aryl methyl sites for hydroxylation is 1. The molecule has 0 saturated heterocycles. The van der Waals surface area contributed by atoms with Gasteiger partial charge in [0.15, 0.2) is 6.61 Å². The van der Waals surface area contributed by atoms with Gasteiger partial charge in [0.2, 0.25) is 0 Å². The number of nitrogens with one attached hydrogen (secondary N) is 1. The first-order valence-electron chi connectivity index (χ1n) is 9.57. The molecule has 0 spiro atoms. The molecule has 29 heavy (non-hydrogen) atoms. The predicted octanol–water partition coefficient (Wildman–Crippen LogP) is 4.67. The molecule has 5 heteroatoms. The molecule has 1 aliphatic heterocycles. The van der Waals surface area contributed by atoms with Crippen LogP contribution in [0.5, 0.6) is 11.5 Å². The van der Waals surface area contributed by atoms with Gasteiger partial charge >= 0.3 is 5.97 Å². The van der Waals surface area contributed by atoms with Crippen LogP contribution in [0.15, 0.2) is 72.8 Å². The van der Waals surface area contributed by atoms with E-state index in [1.807, 2.05) is 79.7 Å². The second kappa shape index (κ2) is 8.19. The number of anilines is 1. The number of carbonyl (C=O) groups excluding carboxylic acids is 2. The van der Waals surface area contributed by atoms with Crippen molar-refractivity contribution >= 4 is 17.6 Å². The van der Waals surface area contributed by atoms with E-state index in [1.165, 1.54) is 0 Å². The second-order valence-corrected chi connectivity index (χ2v) is 6.78. The maximum Gasteiger partial charge on any atom is 0.318 e. The Balaban J connectivity index is 1.50. The van der Waals surface area contributed by atoms with Crippen LogP contribution in [0.1, 0.15) is 29.5 Å². The Labute approximate surface area is 169 Å². The topological polar surface area (TPSA) is 64.6 Å². The highest BCUT2D eigenvalue weighted by molar-refractivity contribution is 5.94. The first-order chi connectivity index (χ1) is 14.2. The van der Waals surface area contributed by atoms with Gasteiger partial charge in [-0.05, 0) is 30.2 Å². The van der Waals surface area contributed by atoms with Gasteiger partial charge in [-0.1, -0.05) is 61.5 Å². The number of hydrogen-bond donors (Lipinski definition) is 1. The zero-order valence-corrected chi connectivity index (χ0v) is 16.1. The minimum atomic E-state index is -0.633. The van der Waals surface area contributed by atoms with Crippen molar-refractivity contribution in [3.05, 3.63) is 89.5 Å². The summed E-state index contributed by atoms with van der Waals surface area (Å²) in [7, 11) is 0. The van der Waals surface area contributed by atoms with E-state index < -0.39 is 11.9 Å². The molecule has 0 saturated carbocycles. The van der Waals surface area contributed by atoms with E-state index in [2.05, 4.69) is 5.32 Å². The highest BCUT2D eigenvalue weighted by atomic mass is 16.5. The third kappa shape index (κ3) is 3.85. The predicted molar refractivity (Wildman–Crippen MR) is 110 cm³/mol. The molecule has 0 fully saturated rings. The quantitative estimate of drug-likeness (QED) is 0.646. The summed E-state index contributed by atoms with van der Waals surface area (Å²) >= 11 is 0. The molecule has 1 aliphatic rings. The van der Waals surface area contributed by atoms with Crippen molar-refractivity contribution in [1.29, 1.82) is 0 Å². The Morgan fingerprint density at radius 1 is 0.897 bits per heavy atom. The first-order valence-corrected chi connectivity index (χ1v) is 9.57. The highest BCUT2D eigenvalue weighted by Crippen LogP contribution is 2.44. The van der Waals surface area contributed by atoms with Crippen molar-refractivity contribution in [2.45, 2.75) is 19.3 Å². The molecule has 1 amide bonds. The maximum absolute atomic E-state index is 12.9. The number of fused-ring (bicyclic) bond motifs is 2. The lowest BCUT2D eigenvalue weighted by Crippen LogP contribution is -2.26. The van der Waals surface area contributed by atoms with Gasteiger partial charge in [-0.2, -0.15) is 0 Å². The summed E-state index contributed by atoms with van der Waals surface area (Å²) in [5.41, 5.74) is 3.22. The van der Waals surface area contributed by atoms with E-state index in [9.17, 15) is 9.59 Å². The van der Waals surface area contributed by atoms with Gasteiger partial charge in [0.1, 0.15) is 17.4 Å². The van der Waals surface area contributed by atoms with Crippen LogP contribution in [-0.2, 0) is 20.7 Å². The van der Waals surface area contributed by atoms with Crippen molar-refractivity contribution in [3.63, 3.8) is 0 Å². The summed E-state index contributed by atoms with van der Waals surface area (Å²) in [6.45, 7) is 1.67. The smallest absolute Gasteiger partial charge is 0.318 e. The number of ether oxygens (including phenoxy) is 2. The maximum atomic E-state index is 12.9. The number of hydrogen-bond acceptors (Lipinski definition) is 4. The van der Waals surface area contributed by atoms with Crippen LogP contribution in [0.3, 0.4) is 0 Å². The molecule has 0 aliphatic carbocycles. The Kier molecular flexibility index (Phi) is 5.29. The van der Waals surface area contributed by atoms with E-state index in [1.54, 1.807) is 0 Å². The zero-order chi connectivity index (χ0) is 20.2. The monoisotopic (exact) mass is 387 g/mol. The molecule has 0 unspecified atom stereocenters. The fourth-order valence-corrected chi connectivity index (χ4v) is 3.52. The average molecular weight is 387 g/mol. The van der Waals surface area contributed by atoms with Crippen LogP contribution in [-0.4, -0.2) is 18.5 Å². The van der Waals surface area contributed by atoms with E-state index in [0.29, 0.717) is 11.5 Å². The Morgan fingerprint density at radius 2 is 1.48 bits per heavy atom. The molecule has 4 rings (SSSR count). The summed E-state index contributed by atoms with van der Waals surface area (Å²) in [5.74, 6) is -0.240. The fraction of sp³-hybridized carbons (Fsp3) is 0.167. The van der Waals surface area contributed by atoms with Gasteiger partial charge in [0, 0.05) is 16.8 Å². The van der Waals surface area contributed by atoms with Gasteiger partial charge in [-0.3, -0.25) is 9.59 Å². The summed E-state index contributed by atoms with van der Waals surface area (Å²) in [5, 5.41) is 2.82. The van der Waals surface area contributed by atoms with Crippen LogP contribution in [0.4, 0.5) is 5.69 Å². The normalized spacial score (nSPS) is 12.3. The van der Waals surface area contributed by atoms with E-state index in [-0.39, 0.29) is 12.5 Å². The third-order valence-electron chi connectivity index (χ3n) is 4.93. The summed E-state index contributed by atoms with van der Waals surface area (Å²) in [6.07, 6.45) is 0.798. The Hall–Kier alpha value is -3.60. The lowest BCUT2D eigenvalue weighted by atomic mass is 9.88. The van der Waals surface area contributed by atoms with Crippen LogP contribution in [0, 0.1) is 0 Å². The van der Waals surface area contributed by atoms with E-state index in [4.69, 9.17) is 9.47 Å². The fourth-order valence-electron chi connectivity index (χ4n) is 3.52. The molecule has 0 aromatic heterocycles. The van der Waals surface area contributed by atoms with Gasteiger partial charge in [-0.25, -0.2) is 0 Å². The molecule has 1 heterocycles. The minimum Gasteiger partial charge on any atom is -0.457 e. The van der Waals surface area contributed by atoms with Crippen molar-refractivity contribution in [1.82, 2.24) is 0 Å². The highest BCUT2D eigenvalue weighted by Gasteiger charge is 2.33. The number of esters is 1. The summed E-state index contributed by atoms with van der Waals surface area (Å²) < 4.78 is 11.3. The van der Waals surface area contributed by atoms with Crippen molar-refractivity contribution in [3.8, 4) is 11.5 Å². The third-order valence-corrected chi connectivity index (χ3v) is 4.93. The molecule has 3 aromatic carbocycles. The van der Waals surface area contributed by atoms with Crippen molar-refractivity contribution in [2.24, 2.45) is 0 Å². The Bertz CT molecular complexity index is 1010. The molecule has 0 bridgehead atoms. The van der Waals surface area contributed by atoms with E-state index in [0.717, 1.165) is 28.8 Å². The minimum absolute atomic E-state index is 0.349. The average Bonchev–Trinajstić information content (AvgIpc) is 2.76.